The first-order valence-corrected chi connectivity index (χ1v) is 12.7. The molecule has 0 heterocycles. The number of esters is 2. The van der Waals surface area contributed by atoms with Crippen molar-refractivity contribution < 1.29 is 48.8 Å². The number of fused-ring (bicyclic) bond motifs is 3. The van der Waals surface area contributed by atoms with Crippen molar-refractivity contribution in [1.29, 1.82) is 0 Å². The number of aliphatic hydroxyl groups is 1. The Morgan fingerprint density at radius 3 is 2.36 bits per heavy atom. The van der Waals surface area contributed by atoms with E-state index >= 15 is 0 Å². The fourth-order valence-corrected chi connectivity index (χ4v) is 6.25. The van der Waals surface area contributed by atoms with Gasteiger partial charge in [0.1, 0.15) is 12.0 Å². The molecule has 3 rings (SSSR count). The van der Waals surface area contributed by atoms with Crippen molar-refractivity contribution in [3.63, 3.8) is 0 Å². The molecule has 210 valence electrons. The van der Waals surface area contributed by atoms with Gasteiger partial charge in [0.25, 0.3) is 0 Å². The zero-order valence-electron chi connectivity index (χ0n) is 22.1. The van der Waals surface area contributed by atoms with Gasteiger partial charge in [-0.05, 0) is 37.2 Å². The first-order valence-electron chi connectivity index (χ1n) is 12.7. The lowest BCUT2D eigenvalue weighted by atomic mass is 9.47. The first kappa shape index (κ1) is 29.8. The summed E-state index contributed by atoms with van der Waals surface area (Å²) in [7, 11) is 0. The number of aliphatic hydroxyl groups excluding tert-OH is 1. The Labute approximate surface area is 226 Å². The monoisotopic (exact) mass is 542 g/mol. The van der Waals surface area contributed by atoms with Gasteiger partial charge < -0.3 is 24.8 Å². The molecule has 0 aromatic rings. The number of ether oxygens (including phenoxy) is 2. The third-order valence-corrected chi connectivity index (χ3v) is 8.31. The van der Waals surface area contributed by atoms with Gasteiger partial charge in [-0.2, -0.15) is 0 Å². The molecule has 3 aliphatic carbocycles. The Kier molecular flexibility index (Phi) is 9.11. The summed E-state index contributed by atoms with van der Waals surface area (Å²) in [6.07, 6.45) is 11.5. The van der Waals surface area contributed by atoms with Crippen molar-refractivity contribution in [2.75, 3.05) is 0 Å². The van der Waals surface area contributed by atoms with Gasteiger partial charge in [-0.3, -0.25) is 14.4 Å². The molecule has 3 N–H and O–H groups in total. The minimum atomic E-state index is -1.54. The SMILES string of the molecule is C=C(OC(=O)[C@@H]1C(=O)[C@@]2(C)[C@@H](C=C[C@H]3[C@H](O)[C@@H](C)[C@H](OC(C)=O)C[C@@H]32)C[C@H]1C=CC=CC=CC(=O)O)C(=O)O. The molecule has 10 heteroatoms. The number of hydrogen-bond donors (Lipinski definition) is 3. The van der Waals surface area contributed by atoms with E-state index in [0.717, 1.165) is 6.08 Å². The van der Waals surface area contributed by atoms with Gasteiger partial charge in [0.2, 0.25) is 5.76 Å². The van der Waals surface area contributed by atoms with E-state index in [-0.39, 0.29) is 11.8 Å². The Morgan fingerprint density at radius 1 is 1.08 bits per heavy atom. The normalized spacial score (nSPS) is 35.9. The van der Waals surface area contributed by atoms with Gasteiger partial charge in [-0.25, -0.2) is 9.59 Å². The van der Waals surface area contributed by atoms with Gasteiger partial charge in [-0.15, -0.1) is 0 Å². The van der Waals surface area contributed by atoms with E-state index in [1.807, 2.05) is 12.2 Å². The highest BCUT2D eigenvalue weighted by Gasteiger charge is 2.62. The Balaban J connectivity index is 1.99. The summed E-state index contributed by atoms with van der Waals surface area (Å²) in [5.41, 5.74) is -1.13. The molecule has 39 heavy (non-hydrogen) atoms. The predicted molar refractivity (Wildman–Crippen MR) is 138 cm³/mol. The number of ketones is 1. The van der Waals surface area contributed by atoms with Crippen LogP contribution in [-0.2, 0) is 33.4 Å². The molecule has 0 amide bonds. The summed E-state index contributed by atoms with van der Waals surface area (Å²) >= 11 is 0. The van der Waals surface area contributed by atoms with Crippen LogP contribution in [0.15, 0.2) is 60.9 Å². The zero-order chi connectivity index (χ0) is 29.1. The first-order chi connectivity index (χ1) is 18.3. The molecule has 0 bridgehead atoms. The van der Waals surface area contributed by atoms with Crippen LogP contribution < -0.4 is 0 Å². The van der Waals surface area contributed by atoms with Gasteiger partial charge in [0.05, 0.1) is 6.10 Å². The molecule has 0 saturated heterocycles. The molecule has 0 radical (unpaired) electrons. The lowest BCUT2D eigenvalue weighted by Crippen LogP contribution is -2.61. The van der Waals surface area contributed by atoms with Crippen LogP contribution in [0.5, 0.6) is 0 Å². The molecule has 3 aliphatic rings. The van der Waals surface area contributed by atoms with Crippen molar-refractivity contribution in [1.82, 2.24) is 0 Å². The highest BCUT2D eigenvalue weighted by molar-refractivity contribution is 6.05. The summed E-state index contributed by atoms with van der Waals surface area (Å²) in [6, 6.07) is 0. The van der Waals surface area contributed by atoms with Crippen LogP contribution in [-0.4, -0.2) is 57.2 Å². The third kappa shape index (κ3) is 6.11. The summed E-state index contributed by atoms with van der Waals surface area (Å²) in [4.78, 5) is 61.1. The molecular formula is C29H34O10. The summed E-state index contributed by atoms with van der Waals surface area (Å²) in [6.45, 7) is 8.06. The maximum atomic E-state index is 14.2. The van der Waals surface area contributed by atoms with Crippen LogP contribution in [0.3, 0.4) is 0 Å². The number of carboxylic acids is 2. The quantitative estimate of drug-likeness (QED) is 0.104. The van der Waals surface area contributed by atoms with Crippen LogP contribution in [0.25, 0.3) is 0 Å². The summed E-state index contributed by atoms with van der Waals surface area (Å²) in [5.74, 6) is -8.97. The fraction of sp³-hybridized carbons (Fsp3) is 0.483. The van der Waals surface area contributed by atoms with Gasteiger partial charge >= 0.3 is 23.9 Å². The van der Waals surface area contributed by atoms with E-state index < -0.39 is 76.7 Å². The number of aliphatic carboxylic acids is 2. The highest BCUT2D eigenvalue weighted by Crippen LogP contribution is 2.58. The van der Waals surface area contributed by atoms with E-state index in [2.05, 4.69) is 6.58 Å². The summed E-state index contributed by atoms with van der Waals surface area (Å²) < 4.78 is 10.5. The highest BCUT2D eigenvalue weighted by atomic mass is 16.6. The zero-order valence-corrected chi connectivity index (χ0v) is 22.1. The van der Waals surface area contributed by atoms with Crippen LogP contribution in [0.2, 0.25) is 0 Å². The van der Waals surface area contributed by atoms with Crippen molar-refractivity contribution >= 4 is 29.7 Å². The maximum absolute atomic E-state index is 14.2. The molecule has 2 saturated carbocycles. The molecule has 2 fully saturated rings. The number of allylic oxidation sites excluding steroid dienone is 6. The molecule has 0 unspecified atom stereocenters. The topological polar surface area (TPSA) is 164 Å². The second kappa shape index (κ2) is 11.9. The second-order valence-corrected chi connectivity index (χ2v) is 10.5. The smallest absolute Gasteiger partial charge is 0.371 e. The second-order valence-electron chi connectivity index (χ2n) is 10.5. The van der Waals surface area contributed by atoms with Crippen LogP contribution in [0.4, 0.5) is 0 Å². The number of Topliss-reactive ketones (excluding diaryl/α,β-unsaturated/α-hetero) is 1. The minimum Gasteiger partial charge on any atom is -0.478 e. The number of carboxylic acid groups (broad SMARTS) is 2. The lowest BCUT2D eigenvalue weighted by molar-refractivity contribution is -0.175. The number of carbonyl (C=O) groups is 5. The average Bonchev–Trinajstić information content (AvgIpc) is 2.85. The number of rotatable bonds is 8. The third-order valence-electron chi connectivity index (χ3n) is 8.31. The van der Waals surface area contributed by atoms with Crippen LogP contribution in [0, 0.1) is 40.9 Å². The van der Waals surface area contributed by atoms with Crippen molar-refractivity contribution in [2.24, 2.45) is 40.9 Å². The molecule has 0 aliphatic heterocycles. The Bertz CT molecular complexity index is 1160. The molecule has 9 atom stereocenters. The van der Waals surface area contributed by atoms with E-state index in [4.69, 9.17) is 19.7 Å². The standard InChI is InChI=1S/C29H34O10/c1-15-22(39-17(3)30)14-21-20(25(15)33)12-11-19-13-18(9-7-5-6-8-10-23(31)32)24(26(34)29(19,21)4)28(37)38-16(2)27(35)36/h5-12,15,18-22,24-25,33H,2,13-14H2,1,3-4H3,(H,31,32)(H,35,36)/t15-,18+,19-,20+,21-,22+,24-,25+,29-/m0/s1. The van der Waals surface area contributed by atoms with Gasteiger partial charge in [0, 0.05) is 30.3 Å². The minimum absolute atomic E-state index is 0.314. The van der Waals surface area contributed by atoms with E-state index in [1.165, 1.54) is 19.1 Å². The molecule has 0 aromatic heterocycles. The number of carbonyl (C=O) groups excluding carboxylic acids is 3. The lowest BCUT2D eigenvalue weighted by Gasteiger charge is -2.56. The van der Waals surface area contributed by atoms with Crippen molar-refractivity contribution in [2.45, 2.75) is 45.8 Å². The molecule has 0 aromatic carbocycles. The maximum Gasteiger partial charge on any atom is 0.371 e. The summed E-state index contributed by atoms with van der Waals surface area (Å²) in [5, 5.41) is 28.9. The molecule has 0 spiro atoms. The van der Waals surface area contributed by atoms with Crippen LogP contribution >= 0.6 is 0 Å². The Morgan fingerprint density at radius 2 is 1.74 bits per heavy atom. The fourth-order valence-electron chi connectivity index (χ4n) is 6.25. The molecular weight excluding hydrogens is 508 g/mol. The molecule has 10 nitrogen and oxygen atoms in total. The average molecular weight is 543 g/mol. The van der Waals surface area contributed by atoms with Crippen molar-refractivity contribution in [3.05, 3.63) is 60.9 Å². The largest absolute Gasteiger partial charge is 0.478 e. The number of hydrogen-bond acceptors (Lipinski definition) is 8. The van der Waals surface area contributed by atoms with Crippen LogP contribution in [0.1, 0.15) is 33.6 Å². The van der Waals surface area contributed by atoms with Gasteiger partial charge in [-0.1, -0.05) is 56.4 Å². The Hall–Kier alpha value is -3.79. The van der Waals surface area contributed by atoms with Crippen molar-refractivity contribution in [3.8, 4) is 0 Å². The van der Waals surface area contributed by atoms with E-state index in [9.17, 15) is 29.1 Å². The predicted octanol–water partition coefficient (Wildman–Crippen LogP) is 2.84. The van der Waals surface area contributed by atoms with E-state index in [1.54, 1.807) is 32.1 Å². The van der Waals surface area contributed by atoms with Gasteiger partial charge in [0.15, 0.2) is 5.78 Å². The van der Waals surface area contributed by atoms with E-state index in [0.29, 0.717) is 12.8 Å².